The van der Waals surface area contributed by atoms with Crippen LogP contribution in [0.15, 0.2) is 18.2 Å². The predicted octanol–water partition coefficient (Wildman–Crippen LogP) is 2.60. The molecule has 7 heteroatoms. The van der Waals surface area contributed by atoms with Crippen LogP contribution in [0.2, 0.25) is 5.02 Å². The van der Waals surface area contributed by atoms with Gasteiger partial charge in [0, 0.05) is 24.2 Å². The molecular formula is C16H23ClN2O3S. The number of fused-ring (bicyclic) bond motifs is 2. The van der Waals surface area contributed by atoms with Crippen molar-refractivity contribution in [3.8, 4) is 5.75 Å². The highest BCUT2D eigenvalue weighted by Crippen LogP contribution is 2.38. The van der Waals surface area contributed by atoms with Crippen LogP contribution < -0.4 is 9.46 Å². The predicted molar refractivity (Wildman–Crippen MR) is 91.1 cm³/mol. The van der Waals surface area contributed by atoms with Crippen molar-refractivity contribution < 1.29 is 13.2 Å². The Labute approximate surface area is 143 Å². The van der Waals surface area contributed by atoms with E-state index >= 15 is 0 Å². The number of hydrogen-bond donors (Lipinski definition) is 1. The topological polar surface area (TPSA) is 58.6 Å². The summed E-state index contributed by atoms with van der Waals surface area (Å²) >= 11 is 6.03. The van der Waals surface area contributed by atoms with E-state index < -0.39 is 10.2 Å². The van der Waals surface area contributed by atoms with Crippen LogP contribution in [0.25, 0.3) is 0 Å². The van der Waals surface area contributed by atoms with E-state index in [1.807, 2.05) is 19.1 Å². The molecule has 1 N–H and O–H groups in total. The van der Waals surface area contributed by atoms with Crippen molar-refractivity contribution in [3.63, 3.8) is 0 Å². The lowest BCUT2D eigenvalue weighted by atomic mass is 10.1. The van der Waals surface area contributed by atoms with E-state index in [1.54, 1.807) is 10.4 Å². The Bertz CT molecular complexity index is 665. The Morgan fingerprint density at radius 1 is 1.39 bits per heavy atom. The molecule has 1 saturated carbocycles. The van der Waals surface area contributed by atoms with Gasteiger partial charge in [-0.05, 0) is 62.3 Å². The van der Waals surface area contributed by atoms with Crippen molar-refractivity contribution in [3.05, 3.63) is 28.8 Å². The van der Waals surface area contributed by atoms with E-state index in [0.717, 1.165) is 30.6 Å². The third-order valence-corrected chi connectivity index (χ3v) is 6.54. The molecule has 1 aliphatic heterocycles. The summed E-state index contributed by atoms with van der Waals surface area (Å²) in [5.41, 5.74) is 0.921. The molecule has 0 aromatic heterocycles. The SMILES string of the molecule is CCOc1ccc(Cl)cc1CCNS(=O)(=O)N1CC2CCC1C2. The maximum Gasteiger partial charge on any atom is 0.279 e. The fourth-order valence-electron chi connectivity index (χ4n) is 3.61. The van der Waals surface area contributed by atoms with E-state index in [9.17, 15) is 8.42 Å². The van der Waals surface area contributed by atoms with Crippen molar-refractivity contribution in [2.45, 2.75) is 38.6 Å². The van der Waals surface area contributed by atoms with Crippen LogP contribution in [0.3, 0.4) is 0 Å². The average Bonchev–Trinajstić information content (AvgIpc) is 3.13. The second-order valence-corrected chi connectivity index (χ2v) is 8.38. The first-order valence-electron chi connectivity index (χ1n) is 8.17. The second kappa shape index (κ2) is 6.97. The lowest BCUT2D eigenvalue weighted by Gasteiger charge is -2.26. The maximum atomic E-state index is 12.4. The van der Waals surface area contributed by atoms with E-state index in [-0.39, 0.29) is 6.04 Å². The van der Waals surface area contributed by atoms with Crippen molar-refractivity contribution in [1.82, 2.24) is 9.03 Å². The molecule has 2 bridgehead atoms. The zero-order chi connectivity index (χ0) is 16.4. The van der Waals surface area contributed by atoms with Gasteiger partial charge >= 0.3 is 0 Å². The summed E-state index contributed by atoms with van der Waals surface area (Å²) in [5, 5.41) is 0.628. The molecule has 1 heterocycles. The monoisotopic (exact) mass is 358 g/mol. The summed E-state index contributed by atoms with van der Waals surface area (Å²) in [6, 6.07) is 5.64. The van der Waals surface area contributed by atoms with Gasteiger partial charge in [0.2, 0.25) is 0 Å². The van der Waals surface area contributed by atoms with E-state index in [4.69, 9.17) is 16.3 Å². The summed E-state index contributed by atoms with van der Waals surface area (Å²) in [4.78, 5) is 0. The lowest BCUT2D eigenvalue weighted by molar-refractivity contribution is 0.328. The minimum absolute atomic E-state index is 0.197. The minimum Gasteiger partial charge on any atom is -0.494 e. The fraction of sp³-hybridized carbons (Fsp3) is 0.625. The fourth-order valence-corrected chi connectivity index (χ4v) is 5.32. The van der Waals surface area contributed by atoms with Gasteiger partial charge < -0.3 is 4.74 Å². The minimum atomic E-state index is -3.39. The maximum absolute atomic E-state index is 12.4. The molecule has 1 saturated heterocycles. The van der Waals surface area contributed by atoms with Crippen LogP contribution in [0, 0.1) is 5.92 Å². The molecule has 1 aromatic carbocycles. The summed E-state index contributed by atoms with van der Waals surface area (Å²) in [6.45, 7) is 3.50. The van der Waals surface area contributed by atoms with Crippen LogP contribution in [-0.2, 0) is 16.6 Å². The van der Waals surface area contributed by atoms with Crippen LogP contribution in [0.4, 0.5) is 0 Å². The van der Waals surface area contributed by atoms with Crippen LogP contribution in [-0.4, -0.2) is 38.5 Å². The highest BCUT2D eigenvalue weighted by molar-refractivity contribution is 7.87. The van der Waals surface area contributed by atoms with Crippen LogP contribution in [0.1, 0.15) is 31.7 Å². The Hall–Kier alpha value is -0.820. The molecule has 1 aromatic rings. The summed E-state index contributed by atoms with van der Waals surface area (Å²) in [6.07, 6.45) is 3.73. The standard InChI is InChI=1S/C16H23ClN2O3S/c1-2-22-16-6-4-14(17)10-13(16)7-8-18-23(20,21)19-11-12-3-5-15(19)9-12/h4,6,10,12,15,18H,2-3,5,7-9,11H2,1H3. The molecule has 3 rings (SSSR count). The number of piperidine rings is 1. The highest BCUT2D eigenvalue weighted by Gasteiger charge is 2.43. The quantitative estimate of drug-likeness (QED) is 0.815. The Kier molecular flexibility index (Phi) is 5.16. The smallest absolute Gasteiger partial charge is 0.279 e. The van der Waals surface area contributed by atoms with Gasteiger partial charge in [0.05, 0.1) is 6.61 Å². The molecule has 128 valence electrons. The van der Waals surface area contributed by atoms with Gasteiger partial charge in [0.25, 0.3) is 10.2 Å². The van der Waals surface area contributed by atoms with Gasteiger partial charge in [0.15, 0.2) is 0 Å². The molecule has 2 unspecified atom stereocenters. The number of benzene rings is 1. The van der Waals surface area contributed by atoms with Crippen LogP contribution in [0.5, 0.6) is 5.75 Å². The third kappa shape index (κ3) is 3.82. The Morgan fingerprint density at radius 3 is 2.87 bits per heavy atom. The van der Waals surface area contributed by atoms with E-state index in [0.29, 0.717) is 37.1 Å². The first-order chi connectivity index (χ1) is 11.0. The highest BCUT2D eigenvalue weighted by atomic mass is 35.5. The zero-order valence-corrected chi connectivity index (χ0v) is 14.9. The number of nitrogens with zero attached hydrogens (tertiary/aromatic N) is 1. The van der Waals surface area contributed by atoms with Gasteiger partial charge in [-0.25, -0.2) is 4.72 Å². The molecule has 2 fully saturated rings. The number of halogens is 1. The number of rotatable bonds is 7. The van der Waals surface area contributed by atoms with E-state index in [1.165, 1.54) is 0 Å². The first-order valence-corrected chi connectivity index (χ1v) is 9.99. The normalized spacial score (nSPS) is 24.3. The summed E-state index contributed by atoms with van der Waals surface area (Å²) in [7, 11) is -3.39. The van der Waals surface area contributed by atoms with Crippen molar-refractivity contribution in [2.24, 2.45) is 5.92 Å². The number of nitrogens with one attached hydrogen (secondary N) is 1. The average molecular weight is 359 g/mol. The van der Waals surface area contributed by atoms with Gasteiger partial charge in [-0.1, -0.05) is 11.6 Å². The molecular weight excluding hydrogens is 336 g/mol. The van der Waals surface area contributed by atoms with Crippen molar-refractivity contribution in [2.75, 3.05) is 19.7 Å². The van der Waals surface area contributed by atoms with Crippen LogP contribution >= 0.6 is 11.6 Å². The van der Waals surface area contributed by atoms with Gasteiger partial charge in [-0.2, -0.15) is 12.7 Å². The summed E-state index contributed by atoms with van der Waals surface area (Å²) < 4.78 is 34.8. The van der Waals surface area contributed by atoms with Gasteiger partial charge in [0.1, 0.15) is 5.75 Å². The van der Waals surface area contributed by atoms with Gasteiger partial charge in [-0.3, -0.25) is 0 Å². The molecule has 0 amide bonds. The number of ether oxygens (including phenoxy) is 1. The van der Waals surface area contributed by atoms with Crippen molar-refractivity contribution >= 4 is 21.8 Å². The lowest BCUT2D eigenvalue weighted by Crippen LogP contribution is -2.45. The van der Waals surface area contributed by atoms with Crippen molar-refractivity contribution in [1.29, 1.82) is 0 Å². The summed E-state index contributed by atoms with van der Waals surface area (Å²) in [5.74, 6) is 1.31. The van der Waals surface area contributed by atoms with Gasteiger partial charge in [-0.15, -0.1) is 0 Å². The largest absolute Gasteiger partial charge is 0.494 e. The molecule has 1 aliphatic carbocycles. The zero-order valence-electron chi connectivity index (χ0n) is 13.3. The molecule has 23 heavy (non-hydrogen) atoms. The molecule has 0 spiro atoms. The molecule has 0 radical (unpaired) electrons. The first kappa shape index (κ1) is 17.0. The number of hydrogen-bond acceptors (Lipinski definition) is 3. The van der Waals surface area contributed by atoms with E-state index in [2.05, 4.69) is 4.72 Å². The molecule has 2 atom stereocenters. The second-order valence-electron chi connectivity index (χ2n) is 6.24. The Balaban J connectivity index is 1.60. The Morgan fingerprint density at radius 2 is 2.22 bits per heavy atom. The molecule has 5 nitrogen and oxygen atoms in total. The molecule has 2 aliphatic rings. The third-order valence-electron chi connectivity index (χ3n) is 4.67.